The zero-order valence-electron chi connectivity index (χ0n) is 17.9. The molecule has 0 spiro atoms. The average Bonchev–Trinajstić information content (AvgIpc) is 3.36. The Bertz CT molecular complexity index is 1160. The summed E-state index contributed by atoms with van der Waals surface area (Å²) in [5, 5.41) is 12.4. The first-order chi connectivity index (χ1) is 15.5. The van der Waals surface area contributed by atoms with Crippen molar-refractivity contribution in [3.63, 3.8) is 0 Å². The number of amides is 1. The predicted molar refractivity (Wildman–Crippen MR) is 122 cm³/mol. The molecule has 2 aliphatic carbocycles. The minimum atomic E-state index is -1.03. The number of hydrogen-bond donors (Lipinski definition) is 2. The lowest BCUT2D eigenvalue weighted by Crippen LogP contribution is -2.46. The SMILES string of the molecule is Cc1cccc2c1CC([C@@H](NC(=O)OCC1c3ccccc3-c3ccccc31)C(=O)O)C2. The smallest absolute Gasteiger partial charge is 0.407 e. The highest BCUT2D eigenvalue weighted by Crippen LogP contribution is 2.44. The van der Waals surface area contributed by atoms with Crippen LogP contribution in [-0.4, -0.2) is 29.8 Å². The largest absolute Gasteiger partial charge is 0.480 e. The standard InChI is InChI=1S/C27H25NO4/c1-16-7-6-8-17-13-18(14-23(16)17)25(26(29)30)28-27(31)32-15-24-21-11-4-2-9-19(21)20-10-3-5-12-22(20)24/h2-12,18,24-25H,13-15H2,1H3,(H,28,31)(H,29,30)/t18?,25-/m1/s1. The van der Waals surface area contributed by atoms with E-state index in [-0.39, 0.29) is 18.4 Å². The molecule has 162 valence electrons. The fourth-order valence-corrected chi connectivity index (χ4v) is 5.25. The topological polar surface area (TPSA) is 75.6 Å². The Hall–Kier alpha value is -3.60. The third kappa shape index (κ3) is 3.54. The van der Waals surface area contributed by atoms with Crippen molar-refractivity contribution in [2.45, 2.75) is 31.7 Å². The molecule has 0 fully saturated rings. The number of aliphatic carboxylic acids is 1. The minimum Gasteiger partial charge on any atom is -0.480 e. The number of aryl methyl sites for hydroxylation is 1. The zero-order chi connectivity index (χ0) is 22.2. The fraction of sp³-hybridized carbons (Fsp3) is 0.259. The molecule has 0 aliphatic heterocycles. The first-order valence-electron chi connectivity index (χ1n) is 10.9. The number of carboxylic acid groups (broad SMARTS) is 1. The summed E-state index contributed by atoms with van der Waals surface area (Å²) >= 11 is 0. The fourth-order valence-electron chi connectivity index (χ4n) is 5.25. The van der Waals surface area contributed by atoms with Crippen molar-refractivity contribution in [3.8, 4) is 11.1 Å². The van der Waals surface area contributed by atoms with Gasteiger partial charge in [-0.05, 0) is 64.6 Å². The Kier molecular flexibility index (Phi) is 5.17. The molecule has 0 bridgehead atoms. The molecule has 2 atom stereocenters. The number of carboxylic acids is 1. The van der Waals surface area contributed by atoms with Crippen LogP contribution in [0.1, 0.15) is 33.7 Å². The molecule has 32 heavy (non-hydrogen) atoms. The lowest BCUT2D eigenvalue weighted by atomic mass is 9.96. The third-order valence-corrected chi connectivity index (χ3v) is 6.81. The van der Waals surface area contributed by atoms with Gasteiger partial charge in [-0.25, -0.2) is 9.59 Å². The maximum absolute atomic E-state index is 12.6. The lowest BCUT2D eigenvalue weighted by molar-refractivity contribution is -0.140. The summed E-state index contributed by atoms with van der Waals surface area (Å²) in [7, 11) is 0. The number of alkyl carbamates (subject to hydrolysis) is 1. The van der Waals surface area contributed by atoms with Gasteiger partial charge in [-0.15, -0.1) is 0 Å². The number of ether oxygens (including phenoxy) is 1. The van der Waals surface area contributed by atoms with Crippen molar-refractivity contribution in [3.05, 3.63) is 94.5 Å². The highest BCUT2D eigenvalue weighted by Gasteiger charge is 2.36. The van der Waals surface area contributed by atoms with Gasteiger partial charge in [0.1, 0.15) is 12.6 Å². The van der Waals surface area contributed by atoms with Gasteiger partial charge < -0.3 is 15.2 Å². The average molecular weight is 428 g/mol. The van der Waals surface area contributed by atoms with Crippen molar-refractivity contribution in [2.75, 3.05) is 6.61 Å². The first-order valence-corrected chi connectivity index (χ1v) is 10.9. The summed E-state index contributed by atoms with van der Waals surface area (Å²) in [5.41, 5.74) is 8.07. The molecule has 2 aliphatic rings. The quantitative estimate of drug-likeness (QED) is 0.619. The first kappa shape index (κ1) is 20.3. The Balaban J connectivity index is 1.28. The van der Waals surface area contributed by atoms with E-state index in [1.54, 1.807) is 0 Å². The Morgan fingerprint density at radius 1 is 0.969 bits per heavy atom. The van der Waals surface area contributed by atoms with Gasteiger partial charge in [0.25, 0.3) is 0 Å². The van der Waals surface area contributed by atoms with Crippen LogP contribution in [0.5, 0.6) is 0 Å². The summed E-state index contributed by atoms with van der Waals surface area (Å²) in [6, 6.07) is 21.3. The van der Waals surface area contributed by atoms with Gasteiger partial charge in [0.05, 0.1) is 0 Å². The molecule has 0 radical (unpaired) electrons. The second-order valence-electron chi connectivity index (χ2n) is 8.67. The molecule has 3 aromatic carbocycles. The molecule has 5 nitrogen and oxygen atoms in total. The number of nitrogens with one attached hydrogen (secondary N) is 1. The van der Waals surface area contributed by atoms with Crippen molar-refractivity contribution in [1.29, 1.82) is 0 Å². The molecular weight excluding hydrogens is 402 g/mol. The summed E-state index contributed by atoms with van der Waals surface area (Å²) in [6.45, 7) is 2.20. The van der Waals surface area contributed by atoms with Crippen LogP contribution in [0.4, 0.5) is 4.79 Å². The Morgan fingerprint density at radius 2 is 1.62 bits per heavy atom. The molecule has 2 N–H and O–H groups in total. The van der Waals surface area contributed by atoms with E-state index in [0.717, 1.165) is 33.4 Å². The second-order valence-corrected chi connectivity index (χ2v) is 8.67. The Morgan fingerprint density at radius 3 is 2.25 bits per heavy atom. The van der Waals surface area contributed by atoms with E-state index in [9.17, 15) is 14.7 Å². The van der Waals surface area contributed by atoms with Crippen LogP contribution >= 0.6 is 0 Å². The molecule has 1 amide bonds. The highest BCUT2D eigenvalue weighted by molar-refractivity contribution is 5.81. The summed E-state index contributed by atoms with van der Waals surface area (Å²) in [6.07, 6.45) is 0.590. The van der Waals surface area contributed by atoms with Crippen molar-refractivity contribution in [1.82, 2.24) is 5.32 Å². The van der Waals surface area contributed by atoms with Crippen LogP contribution in [0.2, 0.25) is 0 Å². The molecule has 3 aromatic rings. The van der Waals surface area contributed by atoms with Crippen molar-refractivity contribution < 1.29 is 19.4 Å². The van der Waals surface area contributed by atoms with Crippen LogP contribution in [0.15, 0.2) is 66.7 Å². The van der Waals surface area contributed by atoms with Gasteiger partial charge in [0.15, 0.2) is 0 Å². The number of hydrogen-bond acceptors (Lipinski definition) is 3. The molecule has 1 unspecified atom stereocenters. The molecular formula is C27H25NO4. The maximum atomic E-state index is 12.6. The van der Waals surface area contributed by atoms with E-state index in [1.165, 1.54) is 5.56 Å². The van der Waals surface area contributed by atoms with Crippen LogP contribution in [0.25, 0.3) is 11.1 Å². The minimum absolute atomic E-state index is 0.0604. The summed E-state index contributed by atoms with van der Waals surface area (Å²) in [5.74, 6) is -1.28. The van der Waals surface area contributed by atoms with Gasteiger partial charge in [-0.2, -0.15) is 0 Å². The van der Waals surface area contributed by atoms with E-state index in [2.05, 4.69) is 29.6 Å². The van der Waals surface area contributed by atoms with Crippen LogP contribution in [0.3, 0.4) is 0 Å². The molecule has 5 heteroatoms. The molecule has 5 rings (SSSR count). The van der Waals surface area contributed by atoms with E-state index in [1.807, 2.05) is 49.4 Å². The van der Waals surface area contributed by atoms with E-state index in [0.29, 0.717) is 12.8 Å². The molecule has 0 saturated carbocycles. The van der Waals surface area contributed by atoms with Gasteiger partial charge in [0.2, 0.25) is 0 Å². The Labute approximate surface area is 187 Å². The molecule has 0 aromatic heterocycles. The van der Waals surface area contributed by atoms with Gasteiger partial charge in [0, 0.05) is 5.92 Å². The van der Waals surface area contributed by atoms with Gasteiger partial charge in [-0.3, -0.25) is 0 Å². The molecule has 0 saturated heterocycles. The summed E-state index contributed by atoms with van der Waals surface area (Å²) in [4.78, 5) is 24.6. The third-order valence-electron chi connectivity index (χ3n) is 6.81. The number of carbonyl (C=O) groups is 2. The maximum Gasteiger partial charge on any atom is 0.407 e. The summed E-state index contributed by atoms with van der Waals surface area (Å²) < 4.78 is 5.57. The van der Waals surface area contributed by atoms with Crippen LogP contribution < -0.4 is 5.32 Å². The van der Waals surface area contributed by atoms with E-state index in [4.69, 9.17) is 4.74 Å². The monoisotopic (exact) mass is 427 g/mol. The second kappa shape index (κ2) is 8.15. The lowest BCUT2D eigenvalue weighted by Gasteiger charge is -2.21. The number of fused-ring (bicyclic) bond motifs is 4. The van der Waals surface area contributed by atoms with E-state index < -0.39 is 18.1 Å². The van der Waals surface area contributed by atoms with Crippen molar-refractivity contribution in [2.24, 2.45) is 5.92 Å². The number of benzene rings is 3. The van der Waals surface area contributed by atoms with E-state index >= 15 is 0 Å². The van der Waals surface area contributed by atoms with Gasteiger partial charge >= 0.3 is 12.1 Å². The number of rotatable bonds is 5. The molecule has 0 heterocycles. The predicted octanol–water partition coefficient (Wildman–Crippen LogP) is 4.70. The zero-order valence-corrected chi connectivity index (χ0v) is 17.9. The number of carbonyl (C=O) groups excluding carboxylic acids is 1. The van der Waals surface area contributed by atoms with Gasteiger partial charge in [-0.1, -0.05) is 66.7 Å². The van der Waals surface area contributed by atoms with Crippen LogP contribution in [-0.2, 0) is 22.4 Å². The normalized spacial score (nSPS) is 17.2. The van der Waals surface area contributed by atoms with Crippen LogP contribution in [0, 0.1) is 12.8 Å². The highest BCUT2D eigenvalue weighted by atomic mass is 16.5. The van der Waals surface area contributed by atoms with Crippen molar-refractivity contribution >= 4 is 12.1 Å².